The third kappa shape index (κ3) is 3.72. The minimum Gasteiger partial charge on any atom is -0.324 e. The Kier molecular flexibility index (Phi) is 5.38. The van der Waals surface area contributed by atoms with Crippen LogP contribution in [0.4, 0.5) is 5.69 Å². The van der Waals surface area contributed by atoms with Crippen molar-refractivity contribution in [2.75, 3.05) is 5.32 Å². The van der Waals surface area contributed by atoms with Gasteiger partial charge in [0.15, 0.2) is 0 Å². The van der Waals surface area contributed by atoms with Crippen molar-refractivity contribution in [2.24, 2.45) is 0 Å². The van der Waals surface area contributed by atoms with Crippen LogP contribution in [0.5, 0.6) is 0 Å². The van der Waals surface area contributed by atoms with Crippen molar-refractivity contribution >= 4 is 35.0 Å². The van der Waals surface area contributed by atoms with Crippen molar-refractivity contribution in [3.8, 4) is 0 Å². The molecule has 0 aromatic heterocycles. The Bertz CT molecular complexity index is 1110. The molecule has 30 heavy (non-hydrogen) atoms. The molecule has 1 heterocycles. The topological polar surface area (TPSA) is 66.5 Å². The maximum atomic E-state index is 13.2. The molecule has 4 rings (SSSR count). The average molecular weight is 419 g/mol. The molecule has 0 fully saturated rings. The summed E-state index contributed by atoms with van der Waals surface area (Å²) in [5.74, 6) is -1.38. The van der Waals surface area contributed by atoms with Gasteiger partial charge in [0, 0.05) is 17.1 Å². The summed E-state index contributed by atoms with van der Waals surface area (Å²) >= 11 is 6.17. The van der Waals surface area contributed by atoms with E-state index in [4.69, 9.17) is 11.6 Å². The molecule has 1 N–H and O–H groups in total. The molecule has 1 aliphatic heterocycles. The van der Waals surface area contributed by atoms with Gasteiger partial charge in [0.2, 0.25) is 5.91 Å². The fourth-order valence-corrected chi connectivity index (χ4v) is 3.71. The Morgan fingerprint density at radius 1 is 0.933 bits per heavy atom. The fourth-order valence-electron chi connectivity index (χ4n) is 3.53. The number of halogens is 1. The van der Waals surface area contributed by atoms with Crippen LogP contribution < -0.4 is 5.32 Å². The predicted octanol–water partition coefficient (Wildman–Crippen LogP) is 4.49. The summed E-state index contributed by atoms with van der Waals surface area (Å²) in [6.45, 7) is 1.87. The lowest BCUT2D eigenvalue weighted by Gasteiger charge is -2.25. The van der Waals surface area contributed by atoms with Crippen LogP contribution in [0.15, 0.2) is 72.8 Å². The van der Waals surface area contributed by atoms with E-state index in [1.165, 1.54) is 0 Å². The summed E-state index contributed by atoms with van der Waals surface area (Å²) < 4.78 is 0. The lowest BCUT2D eigenvalue weighted by atomic mass is 10.0. The molecule has 5 nitrogen and oxygen atoms in total. The molecule has 0 saturated carbocycles. The van der Waals surface area contributed by atoms with Gasteiger partial charge in [-0.05, 0) is 42.3 Å². The van der Waals surface area contributed by atoms with Crippen molar-refractivity contribution < 1.29 is 14.4 Å². The SMILES string of the molecule is Cc1ccc(NC(=O)[C@@H](Cc2ccccc2)N2C(=O)c3ccccc3C2=O)cc1Cl. The predicted molar refractivity (Wildman–Crippen MR) is 116 cm³/mol. The van der Waals surface area contributed by atoms with Crippen LogP contribution in [-0.2, 0) is 11.2 Å². The third-order valence-electron chi connectivity index (χ3n) is 5.15. The Morgan fingerprint density at radius 3 is 2.13 bits per heavy atom. The van der Waals surface area contributed by atoms with E-state index in [1.807, 2.05) is 37.3 Å². The van der Waals surface area contributed by atoms with Crippen LogP contribution in [0, 0.1) is 6.92 Å². The molecule has 0 saturated heterocycles. The largest absolute Gasteiger partial charge is 0.324 e. The Morgan fingerprint density at radius 2 is 1.53 bits per heavy atom. The standard InChI is InChI=1S/C24H19ClN2O3/c1-15-11-12-17(14-20(15)25)26-22(28)21(13-16-7-3-2-4-8-16)27-23(29)18-9-5-6-10-19(18)24(27)30/h2-12,14,21H,13H2,1H3,(H,26,28)/t21-/m1/s1. The fraction of sp³-hybridized carbons (Fsp3) is 0.125. The van der Waals surface area contributed by atoms with Crippen LogP contribution in [0.3, 0.4) is 0 Å². The number of fused-ring (bicyclic) bond motifs is 1. The first kappa shape index (κ1) is 19.9. The smallest absolute Gasteiger partial charge is 0.262 e. The van der Waals surface area contributed by atoms with E-state index in [9.17, 15) is 14.4 Å². The molecule has 3 aromatic carbocycles. The van der Waals surface area contributed by atoms with E-state index < -0.39 is 23.8 Å². The maximum Gasteiger partial charge on any atom is 0.262 e. The number of nitrogens with one attached hydrogen (secondary N) is 1. The number of rotatable bonds is 5. The second kappa shape index (κ2) is 8.13. The van der Waals surface area contributed by atoms with Crippen molar-refractivity contribution in [2.45, 2.75) is 19.4 Å². The normalized spacial score (nSPS) is 13.9. The molecule has 0 aliphatic carbocycles. The number of amides is 3. The first-order valence-corrected chi connectivity index (χ1v) is 9.91. The molecule has 3 amide bonds. The van der Waals surface area contributed by atoms with Crippen molar-refractivity contribution in [1.82, 2.24) is 4.90 Å². The van der Waals surface area contributed by atoms with Crippen LogP contribution in [0.1, 0.15) is 31.8 Å². The van der Waals surface area contributed by atoms with Gasteiger partial charge in [-0.1, -0.05) is 60.1 Å². The van der Waals surface area contributed by atoms with Crippen LogP contribution in [-0.4, -0.2) is 28.7 Å². The lowest BCUT2D eigenvalue weighted by molar-refractivity contribution is -0.119. The number of carbonyl (C=O) groups is 3. The van der Waals surface area contributed by atoms with Gasteiger partial charge in [-0.15, -0.1) is 0 Å². The van der Waals surface area contributed by atoms with E-state index >= 15 is 0 Å². The number of hydrogen-bond acceptors (Lipinski definition) is 3. The average Bonchev–Trinajstić information content (AvgIpc) is 3.00. The molecular weight excluding hydrogens is 400 g/mol. The lowest BCUT2D eigenvalue weighted by Crippen LogP contribution is -2.48. The molecule has 150 valence electrons. The molecule has 0 spiro atoms. The number of benzene rings is 3. The molecule has 3 aromatic rings. The molecule has 0 unspecified atom stereocenters. The van der Waals surface area contributed by atoms with Gasteiger partial charge in [0.1, 0.15) is 6.04 Å². The minimum absolute atomic E-state index is 0.206. The maximum absolute atomic E-state index is 13.2. The summed E-state index contributed by atoms with van der Waals surface area (Å²) in [5, 5.41) is 3.33. The van der Waals surface area contributed by atoms with Gasteiger partial charge < -0.3 is 5.32 Å². The van der Waals surface area contributed by atoms with E-state index in [1.54, 1.807) is 42.5 Å². The van der Waals surface area contributed by atoms with Gasteiger partial charge in [-0.25, -0.2) is 0 Å². The number of carbonyl (C=O) groups excluding carboxylic acids is 3. The number of hydrogen-bond donors (Lipinski definition) is 1. The summed E-state index contributed by atoms with van der Waals surface area (Å²) in [6.07, 6.45) is 0.206. The highest BCUT2D eigenvalue weighted by molar-refractivity contribution is 6.31. The van der Waals surface area contributed by atoms with E-state index in [-0.39, 0.29) is 6.42 Å². The summed E-state index contributed by atoms with van der Waals surface area (Å²) in [5.41, 5.74) is 2.86. The van der Waals surface area contributed by atoms with Crippen molar-refractivity contribution in [3.63, 3.8) is 0 Å². The Hall–Kier alpha value is -3.44. The van der Waals surface area contributed by atoms with Crippen LogP contribution in [0.25, 0.3) is 0 Å². The molecular formula is C24H19ClN2O3. The molecule has 1 aliphatic rings. The van der Waals surface area contributed by atoms with Crippen molar-refractivity contribution in [3.05, 3.63) is 100 Å². The highest BCUT2D eigenvalue weighted by Gasteiger charge is 2.42. The second-order valence-corrected chi connectivity index (χ2v) is 7.59. The van der Waals surface area contributed by atoms with Crippen LogP contribution in [0.2, 0.25) is 5.02 Å². The zero-order chi connectivity index (χ0) is 21.3. The summed E-state index contributed by atoms with van der Waals surface area (Å²) in [7, 11) is 0. The number of aryl methyl sites for hydroxylation is 1. The van der Waals surface area contributed by atoms with Crippen LogP contribution >= 0.6 is 11.6 Å². The van der Waals surface area contributed by atoms with Gasteiger partial charge >= 0.3 is 0 Å². The van der Waals surface area contributed by atoms with E-state index in [2.05, 4.69) is 5.32 Å². The highest BCUT2D eigenvalue weighted by Crippen LogP contribution is 2.27. The molecule has 1 atom stereocenters. The number of nitrogens with zero attached hydrogens (tertiary/aromatic N) is 1. The van der Waals surface area contributed by atoms with Gasteiger partial charge in [-0.2, -0.15) is 0 Å². The Labute approximate surface area is 179 Å². The second-order valence-electron chi connectivity index (χ2n) is 7.18. The number of imide groups is 1. The van der Waals surface area contributed by atoms with Crippen molar-refractivity contribution in [1.29, 1.82) is 0 Å². The van der Waals surface area contributed by atoms with Gasteiger partial charge in [-0.3, -0.25) is 19.3 Å². The van der Waals surface area contributed by atoms with Gasteiger partial charge in [0.05, 0.1) is 11.1 Å². The first-order valence-electron chi connectivity index (χ1n) is 9.53. The minimum atomic E-state index is -1.00. The van der Waals surface area contributed by atoms with Gasteiger partial charge in [0.25, 0.3) is 11.8 Å². The molecule has 0 bridgehead atoms. The molecule has 6 heteroatoms. The Balaban J connectivity index is 1.68. The first-order chi connectivity index (χ1) is 14.5. The highest BCUT2D eigenvalue weighted by atomic mass is 35.5. The number of anilines is 1. The molecule has 0 radical (unpaired) electrons. The summed E-state index contributed by atoms with van der Waals surface area (Å²) in [6, 6.07) is 20.1. The van der Waals surface area contributed by atoms with E-state index in [0.717, 1.165) is 16.0 Å². The third-order valence-corrected chi connectivity index (χ3v) is 5.56. The zero-order valence-corrected chi connectivity index (χ0v) is 17.0. The zero-order valence-electron chi connectivity index (χ0n) is 16.3. The van der Waals surface area contributed by atoms with E-state index in [0.29, 0.717) is 21.8 Å². The summed E-state index contributed by atoms with van der Waals surface area (Å²) in [4.78, 5) is 40.3. The quantitative estimate of drug-likeness (QED) is 0.620. The monoisotopic (exact) mass is 418 g/mol.